The van der Waals surface area contributed by atoms with Crippen molar-refractivity contribution in [3.05, 3.63) is 35.1 Å². The fraction of sp³-hybridized carbons (Fsp3) is 0.500. The van der Waals surface area contributed by atoms with Crippen LogP contribution in [0.25, 0.3) is 0 Å². The zero-order valence-electron chi connectivity index (χ0n) is 12.1. The maximum atomic E-state index is 13.2. The van der Waals surface area contributed by atoms with Crippen molar-refractivity contribution >= 4 is 11.9 Å². The van der Waals surface area contributed by atoms with Crippen molar-refractivity contribution in [2.24, 2.45) is 11.8 Å². The van der Waals surface area contributed by atoms with E-state index in [1.807, 2.05) is 0 Å². The molecule has 4 nitrogen and oxygen atoms in total. The Morgan fingerprint density at radius 2 is 2.05 bits per heavy atom. The van der Waals surface area contributed by atoms with E-state index in [0.717, 1.165) is 19.3 Å². The van der Waals surface area contributed by atoms with Gasteiger partial charge in [0, 0.05) is 12.1 Å². The highest BCUT2D eigenvalue weighted by atomic mass is 19.1. The first-order chi connectivity index (χ1) is 9.99. The number of nitrogens with one attached hydrogen (secondary N) is 1. The van der Waals surface area contributed by atoms with Gasteiger partial charge in [0.25, 0.3) is 5.91 Å². The monoisotopic (exact) mass is 293 g/mol. The number of halogens is 1. The Labute approximate surface area is 123 Å². The number of carboxylic acid groups (broad SMARTS) is 1. The number of carbonyl (C=O) groups excluding carboxylic acids is 1. The van der Waals surface area contributed by atoms with E-state index in [9.17, 15) is 19.1 Å². The molecule has 2 atom stereocenters. The number of aryl methyl sites for hydroxylation is 1. The molecule has 1 aliphatic carbocycles. The van der Waals surface area contributed by atoms with Crippen LogP contribution >= 0.6 is 0 Å². The second-order valence-electron chi connectivity index (χ2n) is 5.66. The number of carbonyl (C=O) groups is 2. The van der Waals surface area contributed by atoms with Gasteiger partial charge in [-0.2, -0.15) is 0 Å². The van der Waals surface area contributed by atoms with Crippen LogP contribution in [0.5, 0.6) is 0 Å². The summed E-state index contributed by atoms with van der Waals surface area (Å²) in [5.41, 5.74) is 1.00. The summed E-state index contributed by atoms with van der Waals surface area (Å²) in [5.74, 6) is -2.04. The average Bonchev–Trinajstić information content (AvgIpc) is 2.47. The van der Waals surface area contributed by atoms with Crippen molar-refractivity contribution < 1.29 is 19.1 Å². The van der Waals surface area contributed by atoms with Crippen molar-refractivity contribution in [1.29, 1.82) is 0 Å². The number of hydrogen-bond acceptors (Lipinski definition) is 2. The lowest BCUT2D eigenvalue weighted by Crippen LogP contribution is -2.37. The summed E-state index contributed by atoms with van der Waals surface area (Å²) in [4.78, 5) is 23.3. The van der Waals surface area contributed by atoms with Gasteiger partial charge in [0.15, 0.2) is 0 Å². The van der Waals surface area contributed by atoms with Gasteiger partial charge in [-0.1, -0.05) is 18.9 Å². The summed E-state index contributed by atoms with van der Waals surface area (Å²) in [6, 6.07) is 4.08. The van der Waals surface area contributed by atoms with E-state index in [4.69, 9.17) is 0 Å². The van der Waals surface area contributed by atoms with Crippen LogP contribution in [0.2, 0.25) is 0 Å². The quantitative estimate of drug-likeness (QED) is 0.897. The van der Waals surface area contributed by atoms with Crippen molar-refractivity contribution in [3.8, 4) is 0 Å². The smallest absolute Gasteiger partial charge is 0.306 e. The van der Waals surface area contributed by atoms with E-state index in [-0.39, 0.29) is 11.8 Å². The number of amides is 1. The predicted octanol–water partition coefficient (Wildman–Crippen LogP) is 2.75. The highest BCUT2D eigenvalue weighted by Crippen LogP contribution is 2.29. The van der Waals surface area contributed by atoms with Gasteiger partial charge in [-0.15, -0.1) is 0 Å². The van der Waals surface area contributed by atoms with E-state index in [0.29, 0.717) is 24.1 Å². The maximum absolute atomic E-state index is 13.2. The highest BCUT2D eigenvalue weighted by Gasteiger charge is 2.30. The number of aliphatic carboxylic acids is 1. The summed E-state index contributed by atoms with van der Waals surface area (Å²) >= 11 is 0. The number of benzene rings is 1. The molecule has 114 valence electrons. The molecule has 0 radical (unpaired) electrons. The second kappa shape index (κ2) is 6.70. The van der Waals surface area contributed by atoms with Gasteiger partial charge in [-0.05, 0) is 43.4 Å². The first-order valence-electron chi connectivity index (χ1n) is 7.26. The highest BCUT2D eigenvalue weighted by molar-refractivity contribution is 5.95. The molecule has 0 aliphatic heterocycles. The molecule has 0 aromatic heterocycles. The van der Waals surface area contributed by atoms with E-state index in [1.165, 1.54) is 12.1 Å². The first-order valence-corrected chi connectivity index (χ1v) is 7.26. The summed E-state index contributed by atoms with van der Waals surface area (Å²) in [7, 11) is 0. The summed E-state index contributed by atoms with van der Waals surface area (Å²) in [6.45, 7) is 2.07. The lowest BCUT2D eigenvalue weighted by molar-refractivity contribution is -0.144. The van der Waals surface area contributed by atoms with Gasteiger partial charge < -0.3 is 10.4 Å². The standard InChI is InChI=1S/C16H20FNO3/c1-10-6-7-12(17)8-14(10)15(19)18-9-11-4-2-3-5-13(11)16(20)21/h6-8,11,13H,2-5,9H2,1H3,(H,18,19)(H,20,21). The first kappa shape index (κ1) is 15.5. The van der Waals surface area contributed by atoms with Crippen molar-refractivity contribution in [2.45, 2.75) is 32.6 Å². The third kappa shape index (κ3) is 3.80. The van der Waals surface area contributed by atoms with Crippen molar-refractivity contribution in [1.82, 2.24) is 5.32 Å². The zero-order valence-corrected chi connectivity index (χ0v) is 12.1. The van der Waals surface area contributed by atoms with Crippen molar-refractivity contribution in [3.63, 3.8) is 0 Å². The van der Waals surface area contributed by atoms with Crippen LogP contribution in [0.4, 0.5) is 4.39 Å². The summed E-state index contributed by atoms with van der Waals surface area (Å²) in [6.07, 6.45) is 3.38. The Balaban J connectivity index is 1.99. The Kier molecular flexibility index (Phi) is 4.94. The minimum Gasteiger partial charge on any atom is -0.481 e. The lowest BCUT2D eigenvalue weighted by atomic mass is 9.79. The van der Waals surface area contributed by atoms with Crippen LogP contribution in [0.3, 0.4) is 0 Å². The predicted molar refractivity (Wildman–Crippen MR) is 76.6 cm³/mol. The van der Waals surface area contributed by atoms with Crippen LogP contribution in [0.15, 0.2) is 18.2 Å². The molecular weight excluding hydrogens is 273 g/mol. The maximum Gasteiger partial charge on any atom is 0.306 e. The minimum absolute atomic E-state index is 0.0472. The fourth-order valence-electron chi connectivity index (χ4n) is 2.93. The zero-order chi connectivity index (χ0) is 15.4. The molecule has 0 spiro atoms. The minimum atomic E-state index is -0.795. The molecular formula is C16H20FNO3. The topological polar surface area (TPSA) is 66.4 Å². The van der Waals surface area contributed by atoms with E-state index in [1.54, 1.807) is 13.0 Å². The van der Waals surface area contributed by atoms with Crippen LogP contribution in [-0.2, 0) is 4.79 Å². The Morgan fingerprint density at radius 3 is 2.76 bits per heavy atom. The number of carboxylic acids is 1. The third-order valence-electron chi connectivity index (χ3n) is 4.20. The Bertz CT molecular complexity index is 544. The van der Waals surface area contributed by atoms with Crippen LogP contribution in [-0.4, -0.2) is 23.5 Å². The van der Waals surface area contributed by atoms with Crippen LogP contribution in [0.1, 0.15) is 41.6 Å². The summed E-state index contributed by atoms with van der Waals surface area (Å²) < 4.78 is 13.2. The molecule has 21 heavy (non-hydrogen) atoms. The SMILES string of the molecule is Cc1ccc(F)cc1C(=O)NCC1CCCCC1C(=O)O. The molecule has 2 N–H and O–H groups in total. The molecule has 0 heterocycles. The molecule has 1 fully saturated rings. The van der Waals surface area contributed by atoms with Gasteiger partial charge in [-0.25, -0.2) is 4.39 Å². The third-order valence-corrected chi connectivity index (χ3v) is 4.20. The Hall–Kier alpha value is -1.91. The van der Waals surface area contributed by atoms with Crippen molar-refractivity contribution in [2.75, 3.05) is 6.54 Å². The van der Waals surface area contributed by atoms with Gasteiger partial charge in [0.2, 0.25) is 0 Å². The molecule has 1 aliphatic rings. The second-order valence-corrected chi connectivity index (χ2v) is 5.66. The average molecular weight is 293 g/mol. The van der Waals surface area contributed by atoms with Gasteiger partial charge in [0.05, 0.1) is 5.92 Å². The van der Waals surface area contributed by atoms with E-state index in [2.05, 4.69) is 5.32 Å². The molecule has 1 amide bonds. The molecule has 0 bridgehead atoms. The van der Waals surface area contributed by atoms with Crippen LogP contribution in [0, 0.1) is 24.6 Å². The van der Waals surface area contributed by atoms with E-state index < -0.39 is 17.7 Å². The van der Waals surface area contributed by atoms with Gasteiger partial charge in [0.1, 0.15) is 5.82 Å². The molecule has 1 aromatic carbocycles. The molecule has 5 heteroatoms. The molecule has 1 aromatic rings. The van der Waals surface area contributed by atoms with E-state index >= 15 is 0 Å². The van der Waals surface area contributed by atoms with Crippen LogP contribution < -0.4 is 5.32 Å². The normalized spacial score (nSPS) is 21.8. The number of rotatable bonds is 4. The Morgan fingerprint density at radius 1 is 1.33 bits per heavy atom. The fourth-order valence-corrected chi connectivity index (χ4v) is 2.93. The largest absolute Gasteiger partial charge is 0.481 e. The van der Waals surface area contributed by atoms with Gasteiger partial charge in [-0.3, -0.25) is 9.59 Å². The molecule has 1 saturated carbocycles. The summed E-state index contributed by atoms with van der Waals surface area (Å²) in [5, 5.41) is 12.0. The number of hydrogen-bond donors (Lipinski definition) is 2. The van der Waals surface area contributed by atoms with Gasteiger partial charge >= 0.3 is 5.97 Å². The molecule has 2 rings (SSSR count). The lowest BCUT2D eigenvalue weighted by Gasteiger charge is -2.28. The molecule has 2 unspecified atom stereocenters. The molecule has 0 saturated heterocycles.